The van der Waals surface area contributed by atoms with Crippen molar-refractivity contribution in [3.63, 3.8) is 0 Å². The molecule has 2 rings (SSSR count). The molecule has 2 aromatic rings. The maximum atomic E-state index is 11.5. The molecule has 6 nitrogen and oxygen atoms in total. The van der Waals surface area contributed by atoms with Crippen LogP contribution in [-0.4, -0.2) is 36.5 Å². The van der Waals surface area contributed by atoms with E-state index in [0.717, 1.165) is 12.0 Å². The zero-order valence-electron chi connectivity index (χ0n) is 18.5. The Bertz CT molecular complexity index is 784. The molecule has 2 unspecified atom stereocenters. The summed E-state index contributed by atoms with van der Waals surface area (Å²) in [6, 6.07) is 10.1. The lowest BCUT2D eigenvalue weighted by Crippen LogP contribution is -2.41. The van der Waals surface area contributed by atoms with E-state index in [-0.39, 0.29) is 22.9 Å². The Morgan fingerprint density at radius 1 is 1.24 bits per heavy atom. The van der Waals surface area contributed by atoms with E-state index in [1.54, 1.807) is 12.5 Å². The SMILES string of the molecule is CC(OCc1ccccc1)C(CCO[Si](C)(C)C(C)(C)C)n1cnc(C(N)=O)c1. The van der Waals surface area contributed by atoms with Crippen molar-refractivity contribution in [3.8, 4) is 0 Å². The summed E-state index contributed by atoms with van der Waals surface area (Å²) in [4.78, 5) is 15.6. The number of nitrogens with two attached hydrogens (primary N) is 1. The molecule has 0 aliphatic rings. The quantitative estimate of drug-likeness (QED) is 0.576. The molecule has 0 bridgehead atoms. The molecule has 0 aliphatic carbocycles. The molecule has 0 spiro atoms. The highest BCUT2D eigenvalue weighted by Gasteiger charge is 2.37. The number of carbonyl (C=O) groups excluding carboxylic acids is 1. The molecule has 0 saturated heterocycles. The van der Waals surface area contributed by atoms with Gasteiger partial charge in [-0.15, -0.1) is 0 Å². The summed E-state index contributed by atoms with van der Waals surface area (Å²) in [5.41, 5.74) is 6.76. The minimum atomic E-state index is -1.83. The van der Waals surface area contributed by atoms with Crippen LogP contribution in [0.5, 0.6) is 0 Å². The fourth-order valence-corrected chi connectivity index (χ4v) is 3.90. The lowest BCUT2D eigenvalue weighted by Gasteiger charge is -2.37. The predicted octanol–water partition coefficient (Wildman–Crippen LogP) is 4.54. The Labute approximate surface area is 175 Å². The number of imidazole rings is 1. The molecule has 1 heterocycles. The number of hydrogen-bond donors (Lipinski definition) is 1. The minimum absolute atomic E-state index is 0.0101. The van der Waals surface area contributed by atoms with E-state index in [2.05, 4.69) is 38.8 Å². The third kappa shape index (κ3) is 6.52. The molecule has 0 radical (unpaired) electrons. The fraction of sp³-hybridized carbons (Fsp3) is 0.545. The molecule has 2 N–H and O–H groups in total. The highest BCUT2D eigenvalue weighted by Crippen LogP contribution is 2.37. The van der Waals surface area contributed by atoms with Crippen molar-refractivity contribution in [2.75, 3.05) is 6.61 Å². The number of benzene rings is 1. The van der Waals surface area contributed by atoms with Crippen molar-refractivity contribution in [2.45, 2.75) is 71.0 Å². The number of aromatic nitrogens is 2. The average molecular weight is 418 g/mol. The Hall–Kier alpha value is -1.96. The molecule has 1 aromatic carbocycles. The van der Waals surface area contributed by atoms with E-state index < -0.39 is 14.2 Å². The van der Waals surface area contributed by atoms with Crippen molar-refractivity contribution in [2.24, 2.45) is 5.73 Å². The van der Waals surface area contributed by atoms with Crippen LogP contribution in [0.2, 0.25) is 18.1 Å². The van der Waals surface area contributed by atoms with Gasteiger partial charge >= 0.3 is 0 Å². The first-order valence-electron chi connectivity index (χ1n) is 10.1. The van der Waals surface area contributed by atoms with Crippen LogP contribution in [0, 0.1) is 0 Å². The van der Waals surface area contributed by atoms with Gasteiger partial charge in [0, 0.05) is 12.8 Å². The van der Waals surface area contributed by atoms with Gasteiger partial charge in [0.25, 0.3) is 5.91 Å². The van der Waals surface area contributed by atoms with Crippen LogP contribution in [0.25, 0.3) is 0 Å². The molecule has 160 valence electrons. The molecule has 0 saturated carbocycles. The number of ether oxygens (including phenoxy) is 1. The molecular weight excluding hydrogens is 382 g/mol. The summed E-state index contributed by atoms with van der Waals surface area (Å²) in [7, 11) is -1.83. The Balaban J connectivity index is 2.09. The van der Waals surface area contributed by atoms with Crippen LogP contribution in [0.3, 0.4) is 0 Å². The van der Waals surface area contributed by atoms with Crippen LogP contribution in [0.15, 0.2) is 42.9 Å². The van der Waals surface area contributed by atoms with Crippen molar-refractivity contribution in [1.29, 1.82) is 0 Å². The summed E-state index contributed by atoms with van der Waals surface area (Å²) in [6.07, 6.45) is 4.02. The lowest BCUT2D eigenvalue weighted by atomic mass is 10.1. The molecule has 29 heavy (non-hydrogen) atoms. The van der Waals surface area contributed by atoms with Crippen LogP contribution in [0.1, 0.15) is 56.2 Å². The highest BCUT2D eigenvalue weighted by atomic mass is 28.4. The molecule has 1 amide bonds. The standard InChI is InChI=1S/C22H35N3O3Si/c1-17(27-15-18-10-8-7-9-11-18)20(25-14-19(21(23)26)24-16-25)12-13-28-29(5,6)22(2,3)4/h7-11,14,16-17,20H,12-13,15H2,1-6H3,(H2,23,26). The third-order valence-corrected chi connectivity index (χ3v) is 10.4. The summed E-state index contributed by atoms with van der Waals surface area (Å²) in [6.45, 7) is 14.4. The summed E-state index contributed by atoms with van der Waals surface area (Å²) < 4.78 is 14.4. The maximum absolute atomic E-state index is 11.5. The molecule has 2 atom stereocenters. The van der Waals surface area contributed by atoms with E-state index in [9.17, 15) is 4.79 Å². The van der Waals surface area contributed by atoms with Gasteiger partial charge in [-0.05, 0) is 37.0 Å². The van der Waals surface area contributed by atoms with Gasteiger partial charge in [-0.2, -0.15) is 0 Å². The smallest absolute Gasteiger partial charge is 0.268 e. The third-order valence-electron chi connectivity index (χ3n) is 5.82. The average Bonchev–Trinajstić information content (AvgIpc) is 3.13. The largest absolute Gasteiger partial charge is 0.417 e. The summed E-state index contributed by atoms with van der Waals surface area (Å²) >= 11 is 0. The monoisotopic (exact) mass is 417 g/mol. The highest BCUT2D eigenvalue weighted by molar-refractivity contribution is 6.74. The van der Waals surface area contributed by atoms with Gasteiger partial charge in [0.2, 0.25) is 0 Å². The number of rotatable bonds is 10. The zero-order valence-corrected chi connectivity index (χ0v) is 19.5. The van der Waals surface area contributed by atoms with E-state index in [1.807, 2.05) is 41.8 Å². The first kappa shape index (κ1) is 23.3. The fourth-order valence-electron chi connectivity index (χ4n) is 2.84. The zero-order chi connectivity index (χ0) is 21.7. The molecule has 0 fully saturated rings. The van der Waals surface area contributed by atoms with Crippen LogP contribution in [-0.2, 0) is 15.8 Å². The van der Waals surface area contributed by atoms with Crippen LogP contribution < -0.4 is 5.73 Å². The van der Waals surface area contributed by atoms with Gasteiger partial charge in [-0.25, -0.2) is 4.98 Å². The van der Waals surface area contributed by atoms with E-state index in [4.69, 9.17) is 14.9 Å². The minimum Gasteiger partial charge on any atom is -0.417 e. The second-order valence-corrected chi connectivity index (χ2v) is 13.8. The van der Waals surface area contributed by atoms with Crippen LogP contribution >= 0.6 is 0 Å². The second kappa shape index (κ2) is 9.69. The van der Waals surface area contributed by atoms with Gasteiger partial charge in [0.1, 0.15) is 5.69 Å². The lowest BCUT2D eigenvalue weighted by molar-refractivity contribution is 0.0108. The maximum Gasteiger partial charge on any atom is 0.268 e. The van der Waals surface area contributed by atoms with E-state index in [0.29, 0.717) is 13.2 Å². The first-order chi connectivity index (χ1) is 13.5. The summed E-state index contributed by atoms with van der Waals surface area (Å²) in [5.74, 6) is -0.530. The van der Waals surface area contributed by atoms with Gasteiger partial charge in [0.05, 0.1) is 25.1 Å². The molecule has 7 heteroatoms. The van der Waals surface area contributed by atoms with Crippen LogP contribution in [0.4, 0.5) is 0 Å². The van der Waals surface area contributed by atoms with Gasteiger partial charge < -0.3 is 19.5 Å². The van der Waals surface area contributed by atoms with E-state index >= 15 is 0 Å². The Morgan fingerprint density at radius 3 is 2.45 bits per heavy atom. The van der Waals surface area contributed by atoms with Crippen molar-refractivity contribution >= 4 is 14.2 Å². The second-order valence-electron chi connectivity index (χ2n) is 9.04. The number of carbonyl (C=O) groups is 1. The summed E-state index contributed by atoms with van der Waals surface area (Å²) in [5, 5.41) is 0.159. The normalized spacial score (nSPS) is 14.6. The van der Waals surface area contributed by atoms with Gasteiger partial charge in [0.15, 0.2) is 8.32 Å². The van der Waals surface area contributed by atoms with Crippen molar-refractivity contribution in [1.82, 2.24) is 9.55 Å². The predicted molar refractivity (Wildman–Crippen MR) is 118 cm³/mol. The molecule has 0 aliphatic heterocycles. The first-order valence-corrected chi connectivity index (χ1v) is 13.0. The topological polar surface area (TPSA) is 79.4 Å². The number of primary amides is 1. The van der Waals surface area contributed by atoms with Gasteiger partial charge in [-0.1, -0.05) is 51.1 Å². The van der Waals surface area contributed by atoms with Crippen molar-refractivity contribution < 1.29 is 14.0 Å². The van der Waals surface area contributed by atoms with E-state index in [1.165, 1.54) is 0 Å². The number of amides is 1. The number of hydrogen-bond acceptors (Lipinski definition) is 4. The van der Waals surface area contributed by atoms with Gasteiger partial charge in [-0.3, -0.25) is 4.79 Å². The Kier molecular flexibility index (Phi) is 7.79. The molecule has 1 aromatic heterocycles. The molecular formula is C22H35N3O3Si. The Morgan fingerprint density at radius 2 is 1.90 bits per heavy atom. The number of nitrogens with zero attached hydrogens (tertiary/aromatic N) is 2. The van der Waals surface area contributed by atoms with Crippen molar-refractivity contribution in [3.05, 3.63) is 54.1 Å².